The number of hydrogen-bond donors (Lipinski definition) is 0. The van der Waals surface area contributed by atoms with Crippen molar-refractivity contribution in [2.75, 3.05) is 26.3 Å². The van der Waals surface area contributed by atoms with Gasteiger partial charge in [-0.3, -0.25) is 9.88 Å². The van der Waals surface area contributed by atoms with Gasteiger partial charge in [-0.15, -0.1) is 11.8 Å². The molecule has 0 aliphatic carbocycles. The number of benzene rings is 2. The van der Waals surface area contributed by atoms with Crippen molar-refractivity contribution in [1.29, 1.82) is 0 Å². The molecule has 5 nitrogen and oxygen atoms in total. The monoisotopic (exact) mass is 498 g/mol. The van der Waals surface area contributed by atoms with E-state index in [9.17, 15) is 13.2 Å². The number of alkyl halides is 3. The molecule has 0 N–H and O–H groups in total. The molecule has 0 radical (unpaired) electrons. The number of thioether (sulfide) groups is 1. The molecule has 2 aromatic heterocycles. The second kappa shape index (κ2) is 10.4. The van der Waals surface area contributed by atoms with Crippen LogP contribution in [0.3, 0.4) is 0 Å². The molecule has 1 aliphatic heterocycles. The molecule has 0 unspecified atom stereocenters. The van der Waals surface area contributed by atoms with E-state index in [1.807, 2.05) is 12.4 Å². The number of nitrogens with zero attached hydrogens (tertiary/aromatic N) is 4. The van der Waals surface area contributed by atoms with Crippen molar-refractivity contribution in [2.24, 2.45) is 0 Å². The average Bonchev–Trinajstić information content (AvgIpc) is 3.30. The summed E-state index contributed by atoms with van der Waals surface area (Å²) in [6.45, 7) is 5.03. The Balaban J connectivity index is 1.19. The van der Waals surface area contributed by atoms with E-state index in [4.69, 9.17) is 4.74 Å². The van der Waals surface area contributed by atoms with Crippen LogP contribution in [0.25, 0.3) is 10.9 Å². The molecule has 0 bridgehead atoms. The summed E-state index contributed by atoms with van der Waals surface area (Å²) in [5.74, 6) is 0.717. The Labute approximate surface area is 205 Å². The molecule has 0 amide bonds. The van der Waals surface area contributed by atoms with E-state index in [0.717, 1.165) is 78.8 Å². The normalized spacial score (nSPS) is 15.1. The molecule has 4 aromatic rings. The minimum atomic E-state index is -4.37. The quantitative estimate of drug-likeness (QED) is 0.309. The second-order valence-corrected chi connectivity index (χ2v) is 9.59. The van der Waals surface area contributed by atoms with Gasteiger partial charge in [-0.05, 0) is 29.3 Å². The van der Waals surface area contributed by atoms with E-state index in [0.29, 0.717) is 5.52 Å². The molecule has 3 heterocycles. The van der Waals surface area contributed by atoms with Crippen molar-refractivity contribution in [3.05, 3.63) is 89.6 Å². The van der Waals surface area contributed by atoms with Gasteiger partial charge in [0.2, 0.25) is 0 Å². The lowest BCUT2D eigenvalue weighted by Gasteiger charge is -2.25. The van der Waals surface area contributed by atoms with Gasteiger partial charge in [0.1, 0.15) is 0 Å². The molecule has 1 aliphatic rings. The maximum Gasteiger partial charge on any atom is 0.416 e. The highest BCUT2D eigenvalue weighted by Gasteiger charge is 2.30. The molecule has 0 atom stereocenters. The van der Waals surface area contributed by atoms with Crippen LogP contribution < -0.4 is 0 Å². The number of fused-ring (bicyclic) bond motifs is 1. The van der Waals surface area contributed by atoms with Crippen LogP contribution in [0.2, 0.25) is 0 Å². The van der Waals surface area contributed by atoms with E-state index < -0.39 is 11.7 Å². The summed E-state index contributed by atoms with van der Waals surface area (Å²) in [6, 6.07) is 14.0. The first-order chi connectivity index (χ1) is 16.9. The standard InChI is InChI=1S/C26H25F3N4OS/c27-26(28,29)21-5-6-23-24(13-21)30-8-7-25(23)35-17-20-3-1-19(2-4-20)14-33-16-22(31-18-33)15-32-9-11-34-12-10-32/h1-8,13,16,18H,9-12,14-15,17H2. The number of morpholine rings is 1. The van der Waals surface area contributed by atoms with Crippen LogP contribution in [0.15, 0.2) is 72.1 Å². The predicted molar refractivity (Wildman–Crippen MR) is 130 cm³/mol. The van der Waals surface area contributed by atoms with Gasteiger partial charge in [0.25, 0.3) is 0 Å². The fraction of sp³-hybridized carbons (Fsp3) is 0.308. The van der Waals surface area contributed by atoms with Gasteiger partial charge in [0.15, 0.2) is 0 Å². The lowest BCUT2D eigenvalue weighted by Crippen LogP contribution is -2.35. The zero-order valence-electron chi connectivity index (χ0n) is 19.0. The Bertz CT molecular complexity index is 1280. The van der Waals surface area contributed by atoms with Crippen molar-refractivity contribution in [1.82, 2.24) is 19.4 Å². The first kappa shape index (κ1) is 23.8. The molecule has 1 saturated heterocycles. The fourth-order valence-electron chi connectivity index (χ4n) is 4.10. The van der Waals surface area contributed by atoms with Crippen LogP contribution >= 0.6 is 11.8 Å². The second-order valence-electron chi connectivity index (χ2n) is 8.57. The zero-order chi connectivity index (χ0) is 24.3. The number of rotatable bonds is 7. The van der Waals surface area contributed by atoms with Gasteiger partial charge >= 0.3 is 6.18 Å². The first-order valence-corrected chi connectivity index (χ1v) is 12.4. The Kier molecular flexibility index (Phi) is 7.08. The van der Waals surface area contributed by atoms with Crippen LogP contribution in [0.1, 0.15) is 22.4 Å². The minimum Gasteiger partial charge on any atom is -0.379 e. The van der Waals surface area contributed by atoms with Crippen molar-refractivity contribution in [2.45, 2.75) is 29.9 Å². The van der Waals surface area contributed by atoms with E-state index in [2.05, 4.69) is 49.9 Å². The maximum absolute atomic E-state index is 13.0. The van der Waals surface area contributed by atoms with E-state index in [1.54, 1.807) is 18.0 Å². The predicted octanol–water partition coefficient (Wildman–Crippen LogP) is 5.62. The number of aromatic nitrogens is 3. The molecule has 5 rings (SSSR count). The van der Waals surface area contributed by atoms with Crippen molar-refractivity contribution < 1.29 is 17.9 Å². The molecule has 35 heavy (non-hydrogen) atoms. The molecular weight excluding hydrogens is 473 g/mol. The highest BCUT2D eigenvalue weighted by atomic mass is 32.2. The van der Waals surface area contributed by atoms with Gasteiger partial charge in [-0.1, -0.05) is 30.3 Å². The molecule has 0 spiro atoms. The molecule has 0 saturated carbocycles. The third kappa shape index (κ3) is 6.04. The molecule has 1 fully saturated rings. The summed E-state index contributed by atoms with van der Waals surface area (Å²) in [5.41, 5.74) is 3.07. The van der Waals surface area contributed by atoms with E-state index in [-0.39, 0.29) is 0 Å². The summed E-state index contributed by atoms with van der Waals surface area (Å²) in [4.78, 5) is 11.9. The van der Waals surface area contributed by atoms with Crippen LogP contribution in [0.5, 0.6) is 0 Å². The number of imidazole rings is 1. The van der Waals surface area contributed by atoms with Crippen LogP contribution in [-0.2, 0) is 29.8 Å². The number of ether oxygens (including phenoxy) is 1. The van der Waals surface area contributed by atoms with E-state index in [1.165, 1.54) is 11.6 Å². The Morgan fingerprint density at radius 1 is 0.914 bits per heavy atom. The van der Waals surface area contributed by atoms with Gasteiger partial charge in [0.05, 0.1) is 36.3 Å². The Morgan fingerprint density at radius 3 is 2.46 bits per heavy atom. The third-order valence-electron chi connectivity index (χ3n) is 5.99. The zero-order valence-corrected chi connectivity index (χ0v) is 19.9. The van der Waals surface area contributed by atoms with E-state index >= 15 is 0 Å². The van der Waals surface area contributed by atoms with Gasteiger partial charge in [-0.25, -0.2) is 4.98 Å². The van der Waals surface area contributed by atoms with Gasteiger partial charge in [0, 0.05) is 54.6 Å². The third-order valence-corrected chi connectivity index (χ3v) is 7.13. The minimum absolute atomic E-state index is 0.355. The lowest BCUT2D eigenvalue weighted by atomic mass is 10.1. The lowest BCUT2D eigenvalue weighted by molar-refractivity contribution is -0.137. The highest BCUT2D eigenvalue weighted by Crippen LogP contribution is 2.34. The molecule has 2 aromatic carbocycles. The summed E-state index contributed by atoms with van der Waals surface area (Å²) in [7, 11) is 0. The van der Waals surface area contributed by atoms with Crippen LogP contribution in [0.4, 0.5) is 13.2 Å². The van der Waals surface area contributed by atoms with Crippen LogP contribution in [-0.4, -0.2) is 45.7 Å². The summed E-state index contributed by atoms with van der Waals surface area (Å²) in [5, 5.41) is 0.732. The fourth-order valence-corrected chi connectivity index (χ4v) is 5.10. The SMILES string of the molecule is FC(F)(F)c1ccc2c(SCc3ccc(Cn4cnc(CN5CCOCC5)c4)cc3)ccnc2c1. The van der Waals surface area contributed by atoms with Crippen molar-refractivity contribution >= 4 is 22.7 Å². The maximum atomic E-state index is 13.0. The van der Waals surface area contributed by atoms with Gasteiger partial charge < -0.3 is 9.30 Å². The summed E-state index contributed by atoms with van der Waals surface area (Å²) in [6.07, 6.45) is 1.16. The number of halogens is 3. The smallest absolute Gasteiger partial charge is 0.379 e. The van der Waals surface area contributed by atoms with Crippen molar-refractivity contribution in [3.8, 4) is 0 Å². The first-order valence-electron chi connectivity index (χ1n) is 11.4. The van der Waals surface area contributed by atoms with Gasteiger partial charge in [-0.2, -0.15) is 13.2 Å². The molecule has 9 heteroatoms. The Morgan fingerprint density at radius 2 is 1.69 bits per heavy atom. The van der Waals surface area contributed by atoms with Crippen LogP contribution in [0, 0.1) is 0 Å². The molecule has 182 valence electrons. The number of pyridine rings is 1. The molecular formula is C26H25F3N4OS. The summed E-state index contributed by atoms with van der Waals surface area (Å²) >= 11 is 1.60. The van der Waals surface area contributed by atoms with Crippen molar-refractivity contribution in [3.63, 3.8) is 0 Å². The Hall–Kier alpha value is -2.88. The summed E-state index contributed by atoms with van der Waals surface area (Å²) < 4.78 is 46.5. The largest absolute Gasteiger partial charge is 0.416 e. The number of hydrogen-bond acceptors (Lipinski definition) is 5. The highest BCUT2D eigenvalue weighted by molar-refractivity contribution is 7.98. The average molecular weight is 499 g/mol. The topological polar surface area (TPSA) is 43.2 Å².